The highest BCUT2D eigenvalue weighted by atomic mass is 32.2. The quantitative estimate of drug-likeness (QED) is 0.601. The molecule has 23 heavy (non-hydrogen) atoms. The molecule has 0 saturated carbocycles. The van der Waals surface area contributed by atoms with Crippen molar-refractivity contribution in [2.24, 2.45) is 4.99 Å². The molecule has 0 bridgehead atoms. The van der Waals surface area contributed by atoms with Gasteiger partial charge in [-0.1, -0.05) is 29.5 Å². The maximum atomic E-state index is 13.0. The number of hydrogen-bond acceptors (Lipinski definition) is 3. The molecule has 4 heteroatoms. The van der Waals surface area contributed by atoms with Gasteiger partial charge in [0.05, 0.1) is 5.69 Å². The van der Waals surface area contributed by atoms with Crippen molar-refractivity contribution in [1.29, 1.82) is 0 Å². The van der Waals surface area contributed by atoms with Crippen LogP contribution < -0.4 is 0 Å². The van der Waals surface area contributed by atoms with Crippen molar-refractivity contribution in [3.63, 3.8) is 0 Å². The van der Waals surface area contributed by atoms with Crippen molar-refractivity contribution in [1.82, 2.24) is 0 Å². The van der Waals surface area contributed by atoms with Crippen LogP contribution in [0.25, 0.3) is 0 Å². The first-order valence-corrected chi connectivity index (χ1v) is 9.47. The Labute approximate surface area is 145 Å². The summed E-state index contributed by atoms with van der Waals surface area (Å²) in [6.07, 6.45) is 2.22. The Bertz CT molecular complexity index is 718. The predicted molar refractivity (Wildman–Crippen MR) is 100 cm³/mol. The third-order valence-corrected chi connectivity index (χ3v) is 5.59. The molecule has 0 aromatic heterocycles. The summed E-state index contributed by atoms with van der Waals surface area (Å²) in [4.78, 5) is 5.85. The van der Waals surface area contributed by atoms with Crippen molar-refractivity contribution in [3.05, 3.63) is 70.9 Å². The lowest BCUT2D eigenvalue weighted by atomic mass is 10.2. The Balaban J connectivity index is 1.79. The van der Waals surface area contributed by atoms with Gasteiger partial charge in [-0.3, -0.25) is 0 Å². The summed E-state index contributed by atoms with van der Waals surface area (Å²) in [6, 6.07) is 14.9. The highest BCUT2D eigenvalue weighted by Gasteiger charge is 2.14. The van der Waals surface area contributed by atoms with Crippen molar-refractivity contribution in [2.75, 3.05) is 5.75 Å². The van der Waals surface area contributed by atoms with Gasteiger partial charge in [-0.2, -0.15) is 0 Å². The molecule has 1 aliphatic heterocycles. The van der Waals surface area contributed by atoms with Crippen molar-refractivity contribution < 1.29 is 4.39 Å². The second-order valence-electron chi connectivity index (χ2n) is 5.42. The van der Waals surface area contributed by atoms with Crippen LogP contribution in [0.2, 0.25) is 0 Å². The van der Waals surface area contributed by atoms with Crippen LogP contribution in [0.15, 0.2) is 69.4 Å². The van der Waals surface area contributed by atoms with E-state index < -0.39 is 0 Å². The largest absolute Gasteiger partial charge is 0.242 e. The van der Waals surface area contributed by atoms with E-state index in [1.165, 1.54) is 29.7 Å². The highest BCUT2D eigenvalue weighted by Crippen LogP contribution is 2.31. The molecule has 3 rings (SSSR count). The van der Waals surface area contributed by atoms with Crippen molar-refractivity contribution in [2.45, 2.75) is 24.7 Å². The van der Waals surface area contributed by atoms with Crippen molar-refractivity contribution >= 4 is 34.3 Å². The van der Waals surface area contributed by atoms with Gasteiger partial charge in [0, 0.05) is 4.90 Å². The number of halogens is 1. The first-order chi connectivity index (χ1) is 11.2. The maximum absolute atomic E-state index is 13.0. The van der Waals surface area contributed by atoms with Gasteiger partial charge in [-0.15, -0.1) is 11.8 Å². The molecule has 0 unspecified atom stereocenters. The second-order valence-corrected chi connectivity index (χ2v) is 7.45. The molecule has 0 spiro atoms. The zero-order chi connectivity index (χ0) is 16.1. The molecule has 0 aliphatic carbocycles. The standard InChI is InChI=1S/C19H18FNS2/c1-14-4-8-17(9-5-14)21-19-15(3-2-12-22-19)13-23-18-10-6-16(20)7-11-18/h4-11,13H,2-3,12H2,1H3. The van der Waals surface area contributed by atoms with Gasteiger partial charge in [0.15, 0.2) is 0 Å². The van der Waals surface area contributed by atoms with Crippen LogP contribution >= 0.6 is 23.5 Å². The van der Waals surface area contributed by atoms with Crippen LogP contribution in [0.1, 0.15) is 18.4 Å². The first kappa shape index (κ1) is 16.3. The third kappa shape index (κ3) is 4.72. The van der Waals surface area contributed by atoms with Crippen molar-refractivity contribution in [3.8, 4) is 0 Å². The molecule has 1 aliphatic rings. The monoisotopic (exact) mass is 343 g/mol. The van der Waals surface area contributed by atoms with E-state index in [9.17, 15) is 4.39 Å². The molecule has 118 valence electrons. The Morgan fingerprint density at radius 2 is 1.83 bits per heavy atom. The lowest BCUT2D eigenvalue weighted by Crippen LogP contribution is -2.06. The molecule has 2 aromatic rings. The lowest BCUT2D eigenvalue weighted by Gasteiger charge is -2.16. The summed E-state index contributed by atoms with van der Waals surface area (Å²) in [7, 11) is 0. The van der Waals surface area contributed by atoms with Gasteiger partial charge in [0.1, 0.15) is 10.9 Å². The molecule has 1 fully saturated rings. The van der Waals surface area contributed by atoms with Crippen LogP contribution in [0, 0.1) is 12.7 Å². The average Bonchev–Trinajstić information content (AvgIpc) is 2.58. The first-order valence-electron chi connectivity index (χ1n) is 7.60. The minimum atomic E-state index is -0.197. The zero-order valence-corrected chi connectivity index (χ0v) is 14.6. The fourth-order valence-electron chi connectivity index (χ4n) is 2.23. The molecule has 1 nitrogen and oxygen atoms in total. The molecule has 0 atom stereocenters. The molecule has 1 heterocycles. The van der Waals surface area contributed by atoms with Gasteiger partial charge in [0.25, 0.3) is 0 Å². The van der Waals surface area contributed by atoms with E-state index in [0.29, 0.717) is 0 Å². The SMILES string of the molecule is Cc1ccc(N=C2SCCCC2=CSc2ccc(F)cc2)cc1. The molecular formula is C19H18FNS2. The smallest absolute Gasteiger partial charge is 0.123 e. The fraction of sp³-hybridized carbons (Fsp3) is 0.211. The number of rotatable bonds is 3. The van der Waals surface area contributed by atoms with Gasteiger partial charge in [0.2, 0.25) is 0 Å². The number of aryl methyl sites for hydroxylation is 1. The minimum Gasteiger partial charge on any atom is -0.242 e. The van der Waals surface area contributed by atoms with E-state index >= 15 is 0 Å². The summed E-state index contributed by atoms with van der Waals surface area (Å²) in [5.41, 5.74) is 3.52. The predicted octanol–water partition coefficient (Wildman–Crippen LogP) is 6.37. The minimum absolute atomic E-state index is 0.197. The molecule has 1 saturated heterocycles. The molecule has 0 radical (unpaired) electrons. The number of aliphatic imine (C=N–C) groups is 1. The third-order valence-electron chi connectivity index (χ3n) is 3.52. The maximum Gasteiger partial charge on any atom is 0.123 e. The van der Waals surface area contributed by atoms with Gasteiger partial charge in [-0.05, 0) is 72.9 Å². The molecular weight excluding hydrogens is 325 g/mol. The van der Waals surface area contributed by atoms with Gasteiger partial charge < -0.3 is 0 Å². The van der Waals surface area contributed by atoms with Gasteiger partial charge in [-0.25, -0.2) is 9.38 Å². The number of benzene rings is 2. The highest BCUT2D eigenvalue weighted by molar-refractivity contribution is 8.14. The number of hydrogen-bond donors (Lipinski definition) is 0. The number of nitrogens with zero attached hydrogens (tertiary/aromatic N) is 1. The van der Waals surface area contributed by atoms with Crippen LogP contribution in [0.4, 0.5) is 10.1 Å². The average molecular weight is 343 g/mol. The summed E-state index contributed by atoms with van der Waals surface area (Å²) in [5, 5.41) is 3.27. The van der Waals surface area contributed by atoms with Crippen LogP contribution in [-0.4, -0.2) is 10.8 Å². The van der Waals surface area contributed by atoms with E-state index in [0.717, 1.165) is 27.8 Å². The van der Waals surface area contributed by atoms with E-state index in [-0.39, 0.29) is 5.82 Å². The summed E-state index contributed by atoms with van der Waals surface area (Å²) in [5.74, 6) is 0.917. The van der Waals surface area contributed by atoms with E-state index in [1.54, 1.807) is 11.8 Å². The van der Waals surface area contributed by atoms with E-state index in [1.807, 2.05) is 23.9 Å². The van der Waals surface area contributed by atoms with Gasteiger partial charge >= 0.3 is 0 Å². The van der Waals surface area contributed by atoms with Crippen LogP contribution in [0.5, 0.6) is 0 Å². The molecule has 2 aromatic carbocycles. The molecule has 0 amide bonds. The summed E-state index contributed by atoms with van der Waals surface area (Å²) >= 11 is 3.45. The Kier molecular flexibility index (Phi) is 5.57. The summed E-state index contributed by atoms with van der Waals surface area (Å²) < 4.78 is 13.0. The fourth-order valence-corrected chi connectivity index (χ4v) is 4.11. The van der Waals surface area contributed by atoms with E-state index in [4.69, 9.17) is 4.99 Å². The zero-order valence-electron chi connectivity index (χ0n) is 13.0. The Hall–Kier alpha value is -1.52. The van der Waals surface area contributed by atoms with Crippen LogP contribution in [0.3, 0.4) is 0 Å². The summed E-state index contributed by atoms with van der Waals surface area (Å²) in [6.45, 7) is 2.08. The topological polar surface area (TPSA) is 12.4 Å². The normalized spacial score (nSPS) is 18.5. The Morgan fingerprint density at radius 1 is 1.09 bits per heavy atom. The lowest BCUT2D eigenvalue weighted by molar-refractivity contribution is 0.626. The number of thioether (sulfide) groups is 2. The molecule has 0 N–H and O–H groups in total. The van der Waals surface area contributed by atoms with Crippen LogP contribution in [-0.2, 0) is 0 Å². The van der Waals surface area contributed by atoms with E-state index in [2.05, 4.69) is 36.6 Å². The Morgan fingerprint density at radius 3 is 2.57 bits per heavy atom. The second kappa shape index (κ2) is 7.84.